The molecule has 1 unspecified atom stereocenters. The van der Waals surface area contributed by atoms with Crippen LogP contribution in [-0.2, 0) is 6.42 Å². The minimum Gasteiger partial charge on any atom is -0.310 e. The number of aryl methyl sites for hydroxylation is 1. The molecule has 0 saturated heterocycles. The molecule has 0 aliphatic heterocycles. The lowest BCUT2D eigenvalue weighted by Gasteiger charge is -2.20. The van der Waals surface area contributed by atoms with Crippen LogP contribution in [0.1, 0.15) is 35.4 Å². The van der Waals surface area contributed by atoms with Gasteiger partial charge in [0.15, 0.2) is 0 Å². The largest absolute Gasteiger partial charge is 0.310 e. The third kappa shape index (κ3) is 4.08. The molecule has 4 heteroatoms. The van der Waals surface area contributed by atoms with Crippen molar-refractivity contribution in [2.24, 2.45) is 0 Å². The first-order valence-corrected chi connectivity index (χ1v) is 8.88. The Morgan fingerprint density at radius 1 is 1.40 bits per heavy atom. The van der Waals surface area contributed by atoms with Gasteiger partial charge in [0.2, 0.25) is 0 Å². The Morgan fingerprint density at radius 3 is 2.85 bits per heavy atom. The number of rotatable bonds is 6. The van der Waals surface area contributed by atoms with E-state index >= 15 is 0 Å². The molecule has 2 aromatic rings. The van der Waals surface area contributed by atoms with Crippen molar-refractivity contribution < 1.29 is 0 Å². The molecule has 0 saturated carbocycles. The normalized spacial score (nSPS) is 12.6. The number of halogens is 2. The third-order valence-electron chi connectivity index (χ3n) is 3.26. The maximum absolute atomic E-state index is 6.49. The summed E-state index contributed by atoms with van der Waals surface area (Å²) in [5, 5.41) is 6.63. The summed E-state index contributed by atoms with van der Waals surface area (Å²) in [6.45, 7) is 5.25. The van der Waals surface area contributed by atoms with Gasteiger partial charge in [-0.25, -0.2) is 0 Å². The molecule has 0 radical (unpaired) electrons. The van der Waals surface area contributed by atoms with Gasteiger partial charge < -0.3 is 5.32 Å². The van der Waals surface area contributed by atoms with Gasteiger partial charge in [0, 0.05) is 32.2 Å². The molecular formula is C16H19BrClNS. The molecule has 1 heterocycles. The fourth-order valence-electron chi connectivity index (χ4n) is 2.21. The predicted molar refractivity (Wildman–Crippen MR) is 92.9 cm³/mol. The number of thiophene rings is 1. The average Bonchev–Trinajstić information content (AvgIpc) is 2.83. The Morgan fingerprint density at radius 2 is 2.20 bits per heavy atom. The Kier molecular flexibility index (Phi) is 6.09. The van der Waals surface area contributed by atoms with E-state index in [0.717, 1.165) is 34.4 Å². The van der Waals surface area contributed by atoms with Gasteiger partial charge in [0.1, 0.15) is 0 Å². The Hall–Kier alpha value is -0.350. The van der Waals surface area contributed by atoms with E-state index < -0.39 is 0 Å². The lowest BCUT2D eigenvalue weighted by atomic mass is 10.0. The van der Waals surface area contributed by atoms with Crippen LogP contribution in [0, 0.1) is 6.92 Å². The van der Waals surface area contributed by atoms with Crippen LogP contribution in [0.5, 0.6) is 0 Å². The molecule has 108 valence electrons. The highest BCUT2D eigenvalue weighted by Gasteiger charge is 2.16. The maximum atomic E-state index is 6.49. The van der Waals surface area contributed by atoms with Gasteiger partial charge in [-0.05, 0) is 53.0 Å². The summed E-state index contributed by atoms with van der Waals surface area (Å²) < 4.78 is 1.15. The number of hydrogen-bond acceptors (Lipinski definition) is 2. The van der Waals surface area contributed by atoms with Gasteiger partial charge in [0.25, 0.3) is 0 Å². The second-order valence-electron chi connectivity index (χ2n) is 4.92. The Balaban J connectivity index is 2.24. The predicted octanol–water partition coefficient (Wildman–Crippen LogP) is 5.76. The lowest BCUT2D eigenvalue weighted by Crippen LogP contribution is -2.24. The van der Waals surface area contributed by atoms with Gasteiger partial charge in [-0.15, -0.1) is 11.3 Å². The first-order valence-electron chi connectivity index (χ1n) is 6.83. The molecule has 1 aromatic heterocycles. The van der Waals surface area contributed by atoms with Crippen LogP contribution in [0.2, 0.25) is 5.02 Å². The van der Waals surface area contributed by atoms with Gasteiger partial charge in [-0.2, -0.15) is 0 Å². The molecule has 0 aliphatic rings. The lowest BCUT2D eigenvalue weighted by molar-refractivity contribution is 0.532. The van der Waals surface area contributed by atoms with Crippen molar-refractivity contribution >= 4 is 38.9 Å². The average molecular weight is 373 g/mol. The summed E-state index contributed by atoms with van der Waals surface area (Å²) in [6.07, 6.45) is 2.09. The topological polar surface area (TPSA) is 12.0 Å². The standard InChI is InChI=1S/C16H19BrClNS/c1-3-7-19-15(9-13-8-12(17)10-20-13)14-6-4-5-11(2)16(14)18/h4-6,8,10,15,19H,3,7,9H2,1-2H3. The fraction of sp³-hybridized carbons (Fsp3) is 0.375. The van der Waals surface area contributed by atoms with E-state index in [4.69, 9.17) is 11.6 Å². The molecule has 1 atom stereocenters. The minimum absolute atomic E-state index is 0.271. The van der Waals surface area contributed by atoms with Crippen molar-refractivity contribution in [1.29, 1.82) is 0 Å². The van der Waals surface area contributed by atoms with E-state index in [0.29, 0.717) is 0 Å². The summed E-state index contributed by atoms with van der Waals surface area (Å²) in [6, 6.07) is 8.74. The van der Waals surface area contributed by atoms with Crippen molar-refractivity contribution in [2.75, 3.05) is 6.54 Å². The molecule has 20 heavy (non-hydrogen) atoms. The van der Waals surface area contributed by atoms with Crippen LogP contribution in [0.3, 0.4) is 0 Å². The van der Waals surface area contributed by atoms with E-state index in [1.165, 1.54) is 10.4 Å². The van der Waals surface area contributed by atoms with Crippen molar-refractivity contribution in [3.63, 3.8) is 0 Å². The summed E-state index contributed by atoms with van der Waals surface area (Å²) in [5.41, 5.74) is 2.34. The summed E-state index contributed by atoms with van der Waals surface area (Å²) in [5.74, 6) is 0. The Labute approximate surface area is 138 Å². The second-order valence-corrected chi connectivity index (χ2v) is 7.21. The third-order valence-corrected chi connectivity index (χ3v) is 5.50. The van der Waals surface area contributed by atoms with Gasteiger partial charge >= 0.3 is 0 Å². The highest BCUT2D eigenvalue weighted by molar-refractivity contribution is 9.10. The van der Waals surface area contributed by atoms with Gasteiger partial charge in [-0.1, -0.05) is 36.7 Å². The monoisotopic (exact) mass is 371 g/mol. The van der Waals surface area contributed by atoms with E-state index in [9.17, 15) is 0 Å². The summed E-state index contributed by atoms with van der Waals surface area (Å²) in [7, 11) is 0. The molecule has 1 aromatic carbocycles. The minimum atomic E-state index is 0.271. The number of hydrogen-bond donors (Lipinski definition) is 1. The maximum Gasteiger partial charge on any atom is 0.0483 e. The number of nitrogens with one attached hydrogen (secondary N) is 1. The molecule has 0 bridgehead atoms. The quantitative estimate of drug-likeness (QED) is 0.680. The van der Waals surface area contributed by atoms with Crippen LogP contribution in [-0.4, -0.2) is 6.54 Å². The zero-order valence-corrected chi connectivity index (χ0v) is 14.9. The van der Waals surface area contributed by atoms with Gasteiger partial charge in [-0.3, -0.25) is 0 Å². The SMILES string of the molecule is CCCNC(Cc1cc(Br)cs1)c1cccc(C)c1Cl. The zero-order chi connectivity index (χ0) is 14.5. The molecule has 0 fully saturated rings. The van der Waals surface area contributed by atoms with Gasteiger partial charge in [0.05, 0.1) is 0 Å². The second kappa shape index (κ2) is 7.60. The summed E-state index contributed by atoms with van der Waals surface area (Å²) in [4.78, 5) is 1.36. The van der Waals surface area contributed by atoms with Crippen LogP contribution in [0.4, 0.5) is 0 Å². The van der Waals surface area contributed by atoms with Crippen molar-refractivity contribution in [2.45, 2.75) is 32.7 Å². The molecular weight excluding hydrogens is 354 g/mol. The molecule has 1 N–H and O–H groups in total. The van der Waals surface area contributed by atoms with Crippen LogP contribution in [0.25, 0.3) is 0 Å². The van der Waals surface area contributed by atoms with E-state index in [1.807, 2.05) is 0 Å². The first kappa shape index (κ1) is 16.0. The summed E-state index contributed by atoms with van der Waals surface area (Å²) >= 11 is 11.8. The first-order chi connectivity index (χ1) is 9.61. The Bertz CT molecular complexity index is 567. The van der Waals surface area contributed by atoms with E-state index in [2.05, 4.69) is 64.7 Å². The van der Waals surface area contributed by atoms with Crippen LogP contribution >= 0.6 is 38.9 Å². The molecule has 2 rings (SSSR count). The molecule has 0 amide bonds. The molecule has 0 spiro atoms. The number of benzene rings is 1. The zero-order valence-electron chi connectivity index (χ0n) is 11.7. The van der Waals surface area contributed by atoms with Crippen molar-refractivity contribution in [1.82, 2.24) is 5.32 Å². The highest BCUT2D eigenvalue weighted by atomic mass is 79.9. The molecule has 0 aliphatic carbocycles. The smallest absolute Gasteiger partial charge is 0.0483 e. The van der Waals surface area contributed by atoms with Crippen LogP contribution in [0.15, 0.2) is 34.1 Å². The van der Waals surface area contributed by atoms with Crippen molar-refractivity contribution in [3.8, 4) is 0 Å². The van der Waals surface area contributed by atoms with E-state index in [-0.39, 0.29) is 6.04 Å². The fourth-order valence-corrected chi connectivity index (χ4v) is 3.97. The van der Waals surface area contributed by atoms with Crippen molar-refractivity contribution in [3.05, 3.63) is 55.1 Å². The van der Waals surface area contributed by atoms with Crippen LogP contribution < -0.4 is 5.32 Å². The van der Waals surface area contributed by atoms with E-state index in [1.54, 1.807) is 11.3 Å². The highest BCUT2D eigenvalue weighted by Crippen LogP contribution is 2.30. The molecule has 1 nitrogen and oxygen atoms in total.